The van der Waals surface area contributed by atoms with Gasteiger partial charge in [-0.25, -0.2) is 0 Å². The molecule has 88 valence electrons. The molecule has 0 unspecified atom stereocenters. The molecular formula is C13H15N3O. The molecule has 1 fully saturated rings. The molecule has 0 amide bonds. The maximum Gasteiger partial charge on any atom is 0.257 e. The SMILES string of the molecule is CNc1ccc(-c2nc(C3(C)CC3)no2)cc1. The summed E-state index contributed by atoms with van der Waals surface area (Å²) in [5.41, 5.74) is 2.20. The normalized spacial score (nSPS) is 16.8. The van der Waals surface area contributed by atoms with Gasteiger partial charge in [0.1, 0.15) is 0 Å². The molecule has 0 radical (unpaired) electrons. The van der Waals surface area contributed by atoms with Gasteiger partial charge in [-0.15, -0.1) is 0 Å². The predicted octanol–water partition coefficient (Wildman–Crippen LogP) is 2.83. The summed E-state index contributed by atoms with van der Waals surface area (Å²) in [5, 5.41) is 7.15. The fourth-order valence-corrected chi connectivity index (χ4v) is 1.78. The first kappa shape index (κ1) is 10.3. The van der Waals surface area contributed by atoms with Crippen molar-refractivity contribution in [2.24, 2.45) is 0 Å². The lowest BCUT2D eigenvalue weighted by molar-refractivity contribution is 0.416. The highest BCUT2D eigenvalue weighted by molar-refractivity contribution is 5.58. The topological polar surface area (TPSA) is 51.0 Å². The smallest absolute Gasteiger partial charge is 0.257 e. The summed E-state index contributed by atoms with van der Waals surface area (Å²) in [6.45, 7) is 2.17. The van der Waals surface area contributed by atoms with E-state index in [1.54, 1.807) is 0 Å². The number of hydrogen-bond donors (Lipinski definition) is 1. The third-order valence-electron chi connectivity index (χ3n) is 3.39. The van der Waals surface area contributed by atoms with Crippen molar-refractivity contribution in [1.82, 2.24) is 10.1 Å². The molecule has 1 aliphatic rings. The van der Waals surface area contributed by atoms with Crippen molar-refractivity contribution < 1.29 is 4.52 Å². The summed E-state index contributed by atoms with van der Waals surface area (Å²) in [5.74, 6) is 1.45. The van der Waals surface area contributed by atoms with Gasteiger partial charge in [-0.05, 0) is 37.1 Å². The minimum atomic E-state index is 0.159. The first-order valence-corrected chi connectivity index (χ1v) is 5.84. The Morgan fingerprint density at radius 3 is 2.53 bits per heavy atom. The Labute approximate surface area is 100 Å². The quantitative estimate of drug-likeness (QED) is 0.879. The van der Waals surface area contributed by atoms with E-state index in [-0.39, 0.29) is 5.41 Å². The van der Waals surface area contributed by atoms with Crippen molar-refractivity contribution in [1.29, 1.82) is 0 Å². The molecule has 3 rings (SSSR count). The highest BCUT2D eigenvalue weighted by atomic mass is 16.5. The highest BCUT2D eigenvalue weighted by Gasteiger charge is 2.43. The van der Waals surface area contributed by atoms with Gasteiger partial charge in [-0.2, -0.15) is 4.98 Å². The van der Waals surface area contributed by atoms with Gasteiger partial charge in [0.2, 0.25) is 0 Å². The number of rotatable bonds is 3. The number of aromatic nitrogens is 2. The van der Waals surface area contributed by atoms with Crippen molar-refractivity contribution in [2.45, 2.75) is 25.2 Å². The third kappa shape index (κ3) is 1.79. The van der Waals surface area contributed by atoms with Crippen LogP contribution in [0, 0.1) is 0 Å². The van der Waals surface area contributed by atoms with Crippen LogP contribution in [-0.4, -0.2) is 17.2 Å². The Hall–Kier alpha value is -1.84. The first-order chi connectivity index (χ1) is 8.21. The van der Waals surface area contributed by atoms with Crippen LogP contribution in [0.15, 0.2) is 28.8 Å². The summed E-state index contributed by atoms with van der Waals surface area (Å²) >= 11 is 0. The summed E-state index contributed by atoms with van der Waals surface area (Å²) in [6, 6.07) is 7.97. The van der Waals surface area contributed by atoms with Gasteiger partial charge in [0, 0.05) is 23.7 Å². The Morgan fingerprint density at radius 1 is 1.24 bits per heavy atom. The summed E-state index contributed by atoms with van der Waals surface area (Å²) in [4.78, 5) is 4.47. The number of hydrogen-bond acceptors (Lipinski definition) is 4. The second-order valence-electron chi connectivity index (χ2n) is 4.81. The molecule has 1 saturated carbocycles. The van der Waals surface area contributed by atoms with Gasteiger partial charge in [0.15, 0.2) is 5.82 Å². The molecule has 2 aromatic rings. The Kier molecular flexibility index (Phi) is 2.18. The van der Waals surface area contributed by atoms with Crippen LogP contribution in [0.25, 0.3) is 11.5 Å². The van der Waals surface area contributed by atoms with E-state index in [1.807, 2.05) is 31.3 Å². The van der Waals surface area contributed by atoms with Crippen molar-refractivity contribution in [2.75, 3.05) is 12.4 Å². The van der Waals surface area contributed by atoms with Crippen LogP contribution in [0.2, 0.25) is 0 Å². The molecule has 0 spiro atoms. The monoisotopic (exact) mass is 229 g/mol. The molecule has 1 aliphatic carbocycles. The maximum atomic E-state index is 5.31. The van der Waals surface area contributed by atoms with Crippen molar-refractivity contribution in [3.8, 4) is 11.5 Å². The fourth-order valence-electron chi connectivity index (χ4n) is 1.78. The number of nitrogens with zero attached hydrogens (tertiary/aromatic N) is 2. The second-order valence-corrected chi connectivity index (χ2v) is 4.81. The van der Waals surface area contributed by atoms with Crippen LogP contribution in [0.3, 0.4) is 0 Å². The summed E-state index contributed by atoms with van der Waals surface area (Å²) in [7, 11) is 1.90. The molecule has 0 aliphatic heterocycles. The van der Waals surface area contributed by atoms with Crippen LogP contribution in [0.5, 0.6) is 0 Å². The lowest BCUT2D eigenvalue weighted by Crippen LogP contribution is -2.01. The Bertz CT molecular complexity index is 526. The largest absolute Gasteiger partial charge is 0.388 e. The zero-order chi connectivity index (χ0) is 11.9. The minimum absolute atomic E-state index is 0.159. The van der Waals surface area contributed by atoms with Crippen molar-refractivity contribution >= 4 is 5.69 Å². The van der Waals surface area contributed by atoms with E-state index in [0.29, 0.717) is 5.89 Å². The van der Waals surface area contributed by atoms with Crippen LogP contribution >= 0.6 is 0 Å². The minimum Gasteiger partial charge on any atom is -0.388 e. The van der Waals surface area contributed by atoms with E-state index in [0.717, 1.165) is 29.9 Å². The van der Waals surface area contributed by atoms with Crippen LogP contribution in [0.4, 0.5) is 5.69 Å². The van der Waals surface area contributed by atoms with E-state index in [9.17, 15) is 0 Å². The molecule has 4 heteroatoms. The van der Waals surface area contributed by atoms with Gasteiger partial charge in [0.05, 0.1) is 0 Å². The van der Waals surface area contributed by atoms with Crippen LogP contribution < -0.4 is 5.32 Å². The summed E-state index contributed by atoms with van der Waals surface area (Å²) in [6.07, 6.45) is 2.31. The van der Waals surface area contributed by atoms with Gasteiger partial charge in [0.25, 0.3) is 5.89 Å². The third-order valence-corrected chi connectivity index (χ3v) is 3.39. The molecule has 1 aromatic carbocycles. The van der Waals surface area contributed by atoms with Gasteiger partial charge in [-0.3, -0.25) is 0 Å². The zero-order valence-electron chi connectivity index (χ0n) is 10.0. The standard InChI is InChI=1S/C13H15N3O/c1-13(7-8-13)12-15-11(17-16-12)9-3-5-10(14-2)6-4-9/h3-6,14H,7-8H2,1-2H3. The molecule has 0 bridgehead atoms. The van der Waals surface area contributed by atoms with Gasteiger partial charge >= 0.3 is 0 Å². The van der Waals surface area contributed by atoms with Gasteiger partial charge < -0.3 is 9.84 Å². The van der Waals surface area contributed by atoms with Gasteiger partial charge in [-0.1, -0.05) is 12.1 Å². The number of anilines is 1. The lowest BCUT2D eigenvalue weighted by Gasteiger charge is -1.99. The van der Waals surface area contributed by atoms with E-state index in [4.69, 9.17) is 4.52 Å². The second kappa shape index (κ2) is 3.58. The summed E-state index contributed by atoms with van der Waals surface area (Å²) < 4.78 is 5.31. The maximum absolute atomic E-state index is 5.31. The molecule has 1 heterocycles. The van der Waals surface area contributed by atoms with Crippen molar-refractivity contribution in [3.63, 3.8) is 0 Å². The molecule has 17 heavy (non-hydrogen) atoms. The number of nitrogens with one attached hydrogen (secondary N) is 1. The lowest BCUT2D eigenvalue weighted by atomic mass is 10.1. The van der Waals surface area contributed by atoms with Crippen molar-refractivity contribution in [3.05, 3.63) is 30.1 Å². The molecule has 1 aromatic heterocycles. The van der Waals surface area contributed by atoms with E-state index in [2.05, 4.69) is 22.4 Å². The molecular weight excluding hydrogens is 214 g/mol. The highest BCUT2D eigenvalue weighted by Crippen LogP contribution is 2.46. The van der Waals surface area contributed by atoms with Crippen LogP contribution in [-0.2, 0) is 5.41 Å². The van der Waals surface area contributed by atoms with E-state index in [1.165, 1.54) is 0 Å². The molecule has 0 saturated heterocycles. The van der Waals surface area contributed by atoms with Crippen LogP contribution in [0.1, 0.15) is 25.6 Å². The zero-order valence-corrected chi connectivity index (χ0v) is 10.0. The first-order valence-electron chi connectivity index (χ1n) is 5.84. The Morgan fingerprint density at radius 2 is 1.94 bits per heavy atom. The Balaban J connectivity index is 1.90. The average Bonchev–Trinajstić information content (AvgIpc) is 2.94. The molecule has 0 atom stereocenters. The fraction of sp³-hybridized carbons (Fsp3) is 0.385. The van der Waals surface area contributed by atoms with E-state index < -0.39 is 0 Å². The molecule has 1 N–H and O–H groups in total. The number of benzene rings is 1. The predicted molar refractivity (Wildman–Crippen MR) is 65.9 cm³/mol. The van der Waals surface area contributed by atoms with E-state index >= 15 is 0 Å². The molecule has 4 nitrogen and oxygen atoms in total. The average molecular weight is 229 g/mol.